The molecule has 0 rings (SSSR count). The highest BCUT2D eigenvalue weighted by Gasteiger charge is 2.36. The van der Waals surface area contributed by atoms with Gasteiger partial charge in [-0.25, -0.2) is 0 Å². The summed E-state index contributed by atoms with van der Waals surface area (Å²) in [6.07, 6.45) is 2.24. The van der Waals surface area contributed by atoms with Crippen molar-refractivity contribution in [2.75, 3.05) is 21.3 Å². The molecular weight excluding hydrogens is 210 g/mol. The molecule has 0 amide bonds. The van der Waals surface area contributed by atoms with Crippen LogP contribution < -0.4 is 5.73 Å². The van der Waals surface area contributed by atoms with E-state index in [1.54, 1.807) is 21.3 Å². The predicted molar refractivity (Wildman–Crippen MR) is 65.8 cm³/mol. The summed E-state index contributed by atoms with van der Waals surface area (Å²) < 4.78 is 15.7. The van der Waals surface area contributed by atoms with E-state index in [2.05, 4.69) is 6.92 Å². The molecule has 0 aromatic rings. The van der Waals surface area contributed by atoms with Gasteiger partial charge >= 0.3 is 8.80 Å². The van der Waals surface area contributed by atoms with Crippen LogP contribution >= 0.6 is 0 Å². The van der Waals surface area contributed by atoms with E-state index in [0.717, 1.165) is 18.9 Å². The molecule has 0 aliphatic rings. The van der Waals surface area contributed by atoms with Crippen molar-refractivity contribution < 1.29 is 13.3 Å². The molecule has 94 valence electrons. The van der Waals surface area contributed by atoms with E-state index in [-0.39, 0.29) is 0 Å². The van der Waals surface area contributed by atoms with Gasteiger partial charge in [-0.2, -0.15) is 0 Å². The van der Waals surface area contributed by atoms with Crippen molar-refractivity contribution >= 4 is 8.80 Å². The molecule has 15 heavy (non-hydrogen) atoms. The highest BCUT2D eigenvalue weighted by Crippen LogP contribution is 2.15. The third-order valence-electron chi connectivity index (χ3n) is 1.77. The fourth-order valence-electron chi connectivity index (χ4n) is 0.949. The summed E-state index contributed by atoms with van der Waals surface area (Å²) in [5, 5.41) is 0. The third kappa shape index (κ3) is 10.3. The molecule has 2 N–H and O–H groups in total. The van der Waals surface area contributed by atoms with Crippen molar-refractivity contribution in [2.24, 2.45) is 5.73 Å². The van der Waals surface area contributed by atoms with Crippen molar-refractivity contribution in [1.29, 1.82) is 0 Å². The van der Waals surface area contributed by atoms with E-state index in [1.807, 2.05) is 13.8 Å². The number of rotatable bonds is 6. The second-order valence-electron chi connectivity index (χ2n) is 3.64. The minimum Gasteiger partial charge on any atom is -0.377 e. The Kier molecular flexibility index (Phi) is 12.3. The fourth-order valence-corrected chi connectivity index (χ4v) is 2.85. The highest BCUT2D eigenvalue weighted by atomic mass is 28.4. The smallest absolute Gasteiger partial charge is 0.377 e. The molecule has 0 spiro atoms. The summed E-state index contributed by atoms with van der Waals surface area (Å²) in [6.45, 7) is 6.03. The molecule has 0 radical (unpaired) electrons. The molecule has 0 aromatic carbocycles. The van der Waals surface area contributed by atoms with Gasteiger partial charge in [0.15, 0.2) is 0 Å². The second-order valence-corrected chi connectivity index (χ2v) is 6.73. The van der Waals surface area contributed by atoms with Crippen LogP contribution in [0.1, 0.15) is 33.6 Å². The molecule has 0 fully saturated rings. The van der Waals surface area contributed by atoms with Crippen LogP contribution in [-0.2, 0) is 13.3 Å². The zero-order valence-electron chi connectivity index (χ0n) is 11.0. The molecular formula is C10H27NO3Si. The summed E-state index contributed by atoms with van der Waals surface area (Å²) in [5.41, 5.74) is 5.11. The Hall–Kier alpha value is 0.0569. The average Bonchev–Trinajstić information content (AvgIpc) is 2.20. The third-order valence-corrected chi connectivity index (χ3v) is 4.60. The molecule has 0 unspecified atom stereocenters. The topological polar surface area (TPSA) is 53.7 Å². The van der Waals surface area contributed by atoms with Crippen LogP contribution in [0.15, 0.2) is 0 Å². The average molecular weight is 237 g/mol. The van der Waals surface area contributed by atoms with Crippen molar-refractivity contribution in [2.45, 2.75) is 45.7 Å². The lowest BCUT2D eigenvalue weighted by atomic mass is 10.4. The van der Waals surface area contributed by atoms with Crippen LogP contribution in [0.2, 0.25) is 6.04 Å². The number of hydrogen-bond acceptors (Lipinski definition) is 4. The zero-order valence-corrected chi connectivity index (χ0v) is 12.0. The molecule has 0 aromatic heterocycles. The maximum Gasteiger partial charge on any atom is 0.500 e. The van der Waals surface area contributed by atoms with Gasteiger partial charge in [0.25, 0.3) is 0 Å². The Labute approximate surface area is 95.5 Å². The molecule has 0 bridgehead atoms. The maximum atomic E-state index is 5.23. The molecule has 0 atom stereocenters. The standard InChI is InChI=1S/C7H18O3Si.C3H9N/c1-5-6-7-11(8-2,9-3)10-4;1-3(2)4/h5-7H2,1-4H3;3H,4H2,1-2H3. The Morgan fingerprint density at radius 3 is 1.60 bits per heavy atom. The van der Waals surface area contributed by atoms with Gasteiger partial charge in [0, 0.05) is 27.4 Å². The summed E-state index contributed by atoms with van der Waals surface area (Å²) in [7, 11) is 2.70. The first kappa shape index (κ1) is 17.5. The van der Waals surface area contributed by atoms with Gasteiger partial charge in [0.1, 0.15) is 0 Å². The van der Waals surface area contributed by atoms with E-state index in [4.69, 9.17) is 19.0 Å². The van der Waals surface area contributed by atoms with Gasteiger partial charge in [0.2, 0.25) is 0 Å². The molecule has 5 heteroatoms. The highest BCUT2D eigenvalue weighted by molar-refractivity contribution is 6.60. The molecule has 0 aliphatic carbocycles. The van der Waals surface area contributed by atoms with Crippen molar-refractivity contribution in [1.82, 2.24) is 0 Å². The normalized spacial score (nSPS) is 11.2. The van der Waals surface area contributed by atoms with Gasteiger partial charge in [-0.1, -0.05) is 27.2 Å². The minimum absolute atomic E-state index is 0.333. The molecule has 4 nitrogen and oxygen atoms in total. The first-order chi connectivity index (χ1) is 6.97. The van der Waals surface area contributed by atoms with Crippen LogP contribution in [0.3, 0.4) is 0 Å². The molecule has 0 heterocycles. The first-order valence-corrected chi connectivity index (χ1v) is 7.32. The Morgan fingerprint density at radius 2 is 1.40 bits per heavy atom. The van der Waals surface area contributed by atoms with E-state index in [0.29, 0.717) is 6.04 Å². The molecule has 0 saturated heterocycles. The quantitative estimate of drug-likeness (QED) is 0.718. The van der Waals surface area contributed by atoms with Gasteiger partial charge in [0.05, 0.1) is 0 Å². The van der Waals surface area contributed by atoms with Crippen LogP contribution in [-0.4, -0.2) is 36.2 Å². The Balaban J connectivity index is 0. The van der Waals surface area contributed by atoms with E-state index < -0.39 is 8.80 Å². The lowest BCUT2D eigenvalue weighted by molar-refractivity contribution is 0.123. The predicted octanol–water partition coefficient (Wildman–Crippen LogP) is 2.02. The molecule has 0 saturated carbocycles. The zero-order chi connectivity index (χ0) is 12.3. The lowest BCUT2D eigenvalue weighted by Crippen LogP contribution is -2.42. The Morgan fingerprint density at radius 1 is 1.07 bits per heavy atom. The van der Waals surface area contributed by atoms with Crippen molar-refractivity contribution in [3.05, 3.63) is 0 Å². The summed E-state index contributed by atoms with van der Waals surface area (Å²) in [5.74, 6) is 0. The second kappa shape index (κ2) is 10.6. The summed E-state index contributed by atoms with van der Waals surface area (Å²) >= 11 is 0. The number of nitrogens with two attached hydrogens (primary N) is 1. The summed E-state index contributed by atoms with van der Waals surface area (Å²) in [6, 6.07) is 1.24. The first-order valence-electron chi connectivity index (χ1n) is 5.39. The fraction of sp³-hybridized carbons (Fsp3) is 1.00. The van der Waals surface area contributed by atoms with Gasteiger partial charge in [-0.3, -0.25) is 0 Å². The van der Waals surface area contributed by atoms with Gasteiger partial charge in [-0.15, -0.1) is 0 Å². The minimum atomic E-state index is -2.24. The van der Waals surface area contributed by atoms with Crippen molar-refractivity contribution in [3.8, 4) is 0 Å². The van der Waals surface area contributed by atoms with Crippen LogP contribution in [0.5, 0.6) is 0 Å². The number of unbranched alkanes of at least 4 members (excludes halogenated alkanes) is 1. The van der Waals surface area contributed by atoms with Crippen molar-refractivity contribution in [3.63, 3.8) is 0 Å². The van der Waals surface area contributed by atoms with E-state index in [1.165, 1.54) is 0 Å². The SMILES string of the molecule is CC(C)N.CCCC[Si](OC)(OC)OC. The van der Waals surface area contributed by atoms with Crippen LogP contribution in [0.25, 0.3) is 0 Å². The van der Waals surface area contributed by atoms with E-state index in [9.17, 15) is 0 Å². The Bertz CT molecular complexity index is 119. The molecule has 0 aliphatic heterocycles. The van der Waals surface area contributed by atoms with Gasteiger partial charge in [-0.05, 0) is 12.5 Å². The lowest BCUT2D eigenvalue weighted by Gasteiger charge is -2.23. The number of hydrogen-bond donors (Lipinski definition) is 1. The summed E-state index contributed by atoms with van der Waals surface area (Å²) in [4.78, 5) is 0. The van der Waals surface area contributed by atoms with Crippen LogP contribution in [0, 0.1) is 0 Å². The van der Waals surface area contributed by atoms with Gasteiger partial charge < -0.3 is 19.0 Å². The van der Waals surface area contributed by atoms with Crippen LogP contribution in [0.4, 0.5) is 0 Å². The largest absolute Gasteiger partial charge is 0.500 e. The maximum absolute atomic E-state index is 5.23. The van der Waals surface area contributed by atoms with E-state index >= 15 is 0 Å². The monoisotopic (exact) mass is 237 g/mol.